The SMILES string of the molecule is Cc1cc(C)cc(OCC(O)C[NH+]2CCC(C)CC2)c1. The maximum Gasteiger partial charge on any atom is 0.137 e. The average Bonchev–Trinajstić information content (AvgIpc) is 2.38. The van der Waals surface area contributed by atoms with Crippen LogP contribution in [0, 0.1) is 19.8 Å². The summed E-state index contributed by atoms with van der Waals surface area (Å²) in [4.78, 5) is 1.51. The molecule has 112 valence electrons. The van der Waals surface area contributed by atoms with Crippen LogP contribution in [0.4, 0.5) is 0 Å². The Hall–Kier alpha value is -1.06. The minimum atomic E-state index is -0.376. The molecule has 0 saturated carbocycles. The number of hydrogen-bond acceptors (Lipinski definition) is 2. The first-order valence-corrected chi connectivity index (χ1v) is 7.75. The van der Waals surface area contributed by atoms with Crippen molar-refractivity contribution in [1.29, 1.82) is 0 Å². The van der Waals surface area contributed by atoms with Gasteiger partial charge in [0.25, 0.3) is 0 Å². The monoisotopic (exact) mass is 278 g/mol. The number of ether oxygens (including phenoxy) is 1. The number of quaternary nitrogens is 1. The van der Waals surface area contributed by atoms with E-state index in [-0.39, 0.29) is 6.10 Å². The van der Waals surface area contributed by atoms with Gasteiger partial charge in [-0.3, -0.25) is 0 Å². The number of hydrogen-bond donors (Lipinski definition) is 2. The molecule has 0 aromatic heterocycles. The normalized spacial score (nSPS) is 24.4. The highest BCUT2D eigenvalue weighted by molar-refractivity contribution is 5.32. The predicted molar refractivity (Wildman–Crippen MR) is 81.4 cm³/mol. The minimum Gasteiger partial charge on any atom is -0.491 e. The number of aryl methyl sites for hydroxylation is 2. The zero-order chi connectivity index (χ0) is 14.5. The number of likely N-dealkylation sites (tertiary alicyclic amines) is 1. The highest BCUT2D eigenvalue weighted by Crippen LogP contribution is 2.16. The zero-order valence-corrected chi connectivity index (χ0v) is 13.0. The van der Waals surface area contributed by atoms with E-state index in [2.05, 4.69) is 26.8 Å². The first-order chi connectivity index (χ1) is 9.52. The Bertz CT molecular complexity index is 405. The summed E-state index contributed by atoms with van der Waals surface area (Å²) in [5.74, 6) is 1.71. The van der Waals surface area contributed by atoms with E-state index in [1.54, 1.807) is 0 Å². The molecule has 1 heterocycles. The first kappa shape index (κ1) is 15.3. The van der Waals surface area contributed by atoms with Gasteiger partial charge in [-0.25, -0.2) is 0 Å². The number of aliphatic hydroxyl groups is 1. The Morgan fingerprint density at radius 1 is 1.20 bits per heavy atom. The van der Waals surface area contributed by atoms with Crippen LogP contribution in [0.15, 0.2) is 18.2 Å². The summed E-state index contributed by atoms with van der Waals surface area (Å²) in [7, 11) is 0. The van der Waals surface area contributed by atoms with E-state index in [4.69, 9.17) is 4.74 Å². The van der Waals surface area contributed by atoms with Gasteiger partial charge in [-0.15, -0.1) is 0 Å². The molecule has 3 nitrogen and oxygen atoms in total. The molecule has 1 fully saturated rings. The van der Waals surface area contributed by atoms with E-state index < -0.39 is 0 Å². The van der Waals surface area contributed by atoms with Gasteiger partial charge in [-0.1, -0.05) is 13.0 Å². The van der Waals surface area contributed by atoms with Crippen molar-refractivity contribution >= 4 is 0 Å². The van der Waals surface area contributed by atoms with Gasteiger partial charge in [0, 0.05) is 0 Å². The molecule has 3 heteroatoms. The van der Waals surface area contributed by atoms with Crippen LogP contribution in [0.25, 0.3) is 0 Å². The lowest BCUT2D eigenvalue weighted by Crippen LogP contribution is -3.14. The lowest BCUT2D eigenvalue weighted by molar-refractivity contribution is -0.909. The lowest BCUT2D eigenvalue weighted by atomic mass is 9.99. The molecule has 0 aliphatic carbocycles. The maximum atomic E-state index is 10.1. The molecule has 20 heavy (non-hydrogen) atoms. The summed E-state index contributed by atoms with van der Waals surface area (Å²) in [6.07, 6.45) is 2.18. The standard InChI is InChI=1S/C17H27NO2/c1-13-4-6-18(7-5-13)11-16(19)12-20-17-9-14(2)8-15(3)10-17/h8-10,13,16,19H,4-7,11-12H2,1-3H3/p+1. The van der Waals surface area contributed by atoms with Crippen molar-refractivity contribution in [2.45, 2.75) is 39.7 Å². The number of rotatable bonds is 5. The van der Waals surface area contributed by atoms with Crippen LogP contribution in [0.1, 0.15) is 30.9 Å². The van der Waals surface area contributed by atoms with Crippen molar-refractivity contribution in [3.8, 4) is 5.75 Å². The van der Waals surface area contributed by atoms with Crippen molar-refractivity contribution in [3.63, 3.8) is 0 Å². The molecule has 1 aromatic rings. The third kappa shape index (κ3) is 4.80. The summed E-state index contributed by atoms with van der Waals surface area (Å²) in [5, 5.41) is 10.1. The van der Waals surface area contributed by atoms with Crippen LogP contribution in [-0.2, 0) is 0 Å². The van der Waals surface area contributed by atoms with Gasteiger partial charge in [0.2, 0.25) is 0 Å². The molecule has 1 atom stereocenters. The number of aliphatic hydroxyl groups excluding tert-OH is 1. The summed E-state index contributed by atoms with van der Waals surface area (Å²) in [6.45, 7) is 10.0. The van der Waals surface area contributed by atoms with E-state index in [1.165, 1.54) is 42.0 Å². The lowest BCUT2D eigenvalue weighted by Gasteiger charge is -2.28. The second-order valence-electron chi connectivity index (χ2n) is 6.42. The average molecular weight is 278 g/mol. The quantitative estimate of drug-likeness (QED) is 0.853. The Morgan fingerprint density at radius 3 is 2.40 bits per heavy atom. The number of piperidine rings is 1. The molecular weight excluding hydrogens is 250 g/mol. The molecule has 1 aliphatic heterocycles. The molecule has 0 bridgehead atoms. The molecule has 1 aliphatic rings. The largest absolute Gasteiger partial charge is 0.491 e. The van der Waals surface area contributed by atoms with Gasteiger partial charge < -0.3 is 14.7 Å². The molecule has 0 spiro atoms. The van der Waals surface area contributed by atoms with Crippen molar-refractivity contribution < 1.29 is 14.7 Å². The van der Waals surface area contributed by atoms with Gasteiger partial charge in [-0.05, 0) is 55.9 Å². The van der Waals surface area contributed by atoms with Gasteiger partial charge in [0.05, 0.1) is 13.1 Å². The fourth-order valence-electron chi connectivity index (χ4n) is 2.98. The van der Waals surface area contributed by atoms with E-state index in [1.807, 2.05) is 12.1 Å². The molecular formula is C17H28NO2+. The second-order valence-corrected chi connectivity index (χ2v) is 6.42. The van der Waals surface area contributed by atoms with Crippen LogP contribution in [-0.4, -0.2) is 37.5 Å². The number of nitrogens with one attached hydrogen (secondary N) is 1. The van der Waals surface area contributed by atoms with Gasteiger partial charge in [-0.2, -0.15) is 0 Å². The highest BCUT2D eigenvalue weighted by Gasteiger charge is 2.21. The highest BCUT2D eigenvalue weighted by atomic mass is 16.5. The van der Waals surface area contributed by atoms with E-state index in [0.717, 1.165) is 18.2 Å². The van der Waals surface area contributed by atoms with Crippen molar-refractivity contribution in [2.24, 2.45) is 5.92 Å². The van der Waals surface area contributed by atoms with E-state index in [9.17, 15) is 5.11 Å². The third-order valence-electron chi connectivity index (χ3n) is 4.14. The minimum absolute atomic E-state index is 0.376. The fourth-order valence-corrected chi connectivity index (χ4v) is 2.98. The van der Waals surface area contributed by atoms with Crippen molar-refractivity contribution in [3.05, 3.63) is 29.3 Å². The van der Waals surface area contributed by atoms with Crippen LogP contribution >= 0.6 is 0 Å². The molecule has 1 aromatic carbocycles. The van der Waals surface area contributed by atoms with E-state index in [0.29, 0.717) is 6.61 Å². The van der Waals surface area contributed by atoms with Crippen LogP contribution in [0.3, 0.4) is 0 Å². The molecule has 2 rings (SSSR count). The first-order valence-electron chi connectivity index (χ1n) is 7.75. The Kier molecular flexibility index (Phi) is 5.44. The van der Waals surface area contributed by atoms with Crippen LogP contribution in [0.5, 0.6) is 5.75 Å². The summed E-state index contributed by atoms with van der Waals surface area (Å²) >= 11 is 0. The van der Waals surface area contributed by atoms with Crippen LogP contribution in [0.2, 0.25) is 0 Å². The zero-order valence-electron chi connectivity index (χ0n) is 13.0. The smallest absolute Gasteiger partial charge is 0.137 e. The molecule has 0 amide bonds. The third-order valence-corrected chi connectivity index (χ3v) is 4.14. The summed E-state index contributed by atoms with van der Waals surface area (Å²) in [5.41, 5.74) is 2.40. The van der Waals surface area contributed by atoms with Gasteiger partial charge in [0.15, 0.2) is 0 Å². The summed E-state index contributed by atoms with van der Waals surface area (Å²) < 4.78 is 5.73. The van der Waals surface area contributed by atoms with Crippen molar-refractivity contribution in [2.75, 3.05) is 26.2 Å². The van der Waals surface area contributed by atoms with E-state index >= 15 is 0 Å². The summed E-state index contributed by atoms with van der Waals surface area (Å²) in [6, 6.07) is 6.17. The Labute approximate surface area is 122 Å². The van der Waals surface area contributed by atoms with Gasteiger partial charge >= 0.3 is 0 Å². The van der Waals surface area contributed by atoms with Crippen LogP contribution < -0.4 is 9.64 Å². The second kappa shape index (κ2) is 7.09. The topological polar surface area (TPSA) is 33.9 Å². The number of benzene rings is 1. The molecule has 1 unspecified atom stereocenters. The van der Waals surface area contributed by atoms with Gasteiger partial charge in [0.1, 0.15) is 25.0 Å². The fraction of sp³-hybridized carbons (Fsp3) is 0.647. The van der Waals surface area contributed by atoms with Crippen molar-refractivity contribution in [1.82, 2.24) is 0 Å². The predicted octanol–water partition coefficient (Wildman–Crippen LogP) is 1.36. The maximum absolute atomic E-state index is 10.1. The molecule has 1 saturated heterocycles. The molecule has 0 radical (unpaired) electrons. The Morgan fingerprint density at radius 2 is 1.80 bits per heavy atom. The molecule has 2 N–H and O–H groups in total. The Balaban J connectivity index is 1.75.